The van der Waals surface area contributed by atoms with Crippen molar-refractivity contribution in [1.82, 2.24) is 24.5 Å². The standard InChI is InChI=1S/C26H31F2N7O/c1-16-11-17(12-23(27)28)24-21(30-16)4-3-20(32-24)19-7-10-35-22(19)13-29-25(33-35)31-18-5-8-34(9-6-18)26(2)14-36-15-26/h3-4,7,10,13,17-18,23H,5-6,8-9,11-12,14-15H2,1-2H3,(H,31,33). The highest BCUT2D eigenvalue weighted by molar-refractivity contribution is 5.88. The molecule has 8 nitrogen and oxygen atoms in total. The second-order valence-electron chi connectivity index (χ2n) is 10.5. The van der Waals surface area contributed by atoms with Crippen LogP contribution in [0.15, 0.2) is 35.6 Å². The number of pyridine rings is 1. The van der Waals surface area contributed by atoms with Gasteiger partial charge in [-0.15, -0.1) is 5.10 Å². The Hall–Kier alpha value is -2.98. The van der Waals surface area contributed by atoms with Gasteiger partial charge in [-0.1, -0.05) is 0 Å². The van der Waals surface area contributed by atoms with E-state index >= 15 is 0 Å². The van der Waals surface area contributed by atoms with Gasteiger partial charge in [0.15, 0.2) is 0 Å². The summed E-state index contributed by atoms with van der Waals surface area (Å²) in [5.41, 5.74) is 4.79. The lowest BCUT2D eigenvalue weighted by atomic mass is 9.91. The highest BCUT2D eigenvalue weighted by Crippen LogP contribution is 2.38. The van der Waals surface area contributed by atoms with Crippen molar-refractivity contribution in [3.63, 3.8) is 0 Å². The number of halogens is 2. The molecule has 0 spiro atoms. The number of anilines is 1. The van der Waals surface area contributed by atoms with Crippen LogP contribution in [0.25, 0.3) is 16.8 Å². The first-order valence-electron chi connectivity index (χ1n) is 12.7. The van der Waals surface area contributed by atoms with E-state index in [1.165, 1.54) is 0 Å². The monoisotopic (exact) mass is 495 g/mol. The largest absolute Gasteiger partial charge is 0.377 e. The minimum atomic E-state index is -2.38. The van der Waals surface area contributed by atoms with E-state index < -0.39 is 6.43 Å². The smallest absolute Gasteiger partial charge is 0.241 e. The number of hydrogen-bond donors (Lipinski definition) is 1. The van der Waals surface area contributed by atoms with E-state index in [2.05, 4.69) is 32.2 Å². The van der Waals surface area contributed by atoms with Crippen molar-refractivity contribution in [2.24, 2.45) is 4.99 Å². The first-order chi connectivity index (χ1) is 17.4. The third-order valence-corrected chi connectivity index (χ3v) is 7.72. The number of aliphatic imine (C=N–C) groups is 1. The summed E-state index contributed by atoms with van der Waals surface area (Å²) >= 11 is 0. The Kier molecular flexibility index (Phi) is 5.95. The molecule has 3 aromatic rings. The topological polar surface area (TPSA) is 79.9 Å². The Morgan fingerprint density at radius 3 is 2.72 bits per heavy atom. The first-order valence-corrected chi connectivity index (χ1v) is 12.7. The van der Waals surface area contributed by atoms with Crippen molar-refractivity contribution in [2.45, 2.75) is 63.5 Å². The molecule has 3 aliphatic rings. The van der Waals surface area contributed by atoms with Crippen LogP contribution in [-0.2, 0) is 4.74 Å². The first kappa shape index (κ1) is 23.4. The Morgan fingerprint density at radius 2 is 2.00 bits per heavy atom. The lowest BCUT2D eigenvalue weighted by Gasteiger charge is -2.49. The van der Waals surface area contributed by atoms with Gasteiger partial charge < -0.3 is 10.1 Å². The molecule has 2 saturated heterocycles. The van der Waals surface area contributed by atoms with Gasteiger partial charge in [-0.05, 0) is 51.3 Å². The molecule has 6 heterocycles. The van der Waals surface area contributed by atoms with Gasteiger partial charge in [-0.25, -0.2) is 18.3 Å². The summed E-state index contributed by atoms with van der Waals surface area (Å²) in [7, 11) is 0. The number of nitrogens with zero attached hydrogens (tertiary/aromatic N) is 6. The molecular formula is C26H31F2N7O. The summed E-state index contributed by atoms with van der Waals surface area (Å²) in [4.78, 5) is 16.4. The quantitative estimate of drug-likeness (QED) is 0.535. The van der Waals surface area contributed by atoms with Crippen molar-refractivity contribution >= 4 is 22.9 Å². The molecule has 1 unspecified atom stereocenters. The number of nitrogens with one attached hydrogen (secondary N) is 1. The molecule has 2 fully saturated rings. The SMILES string of the molecule is CC1=Nc2ccc(-c3ccn4nc(NC5CCN(C6(C)COC6)CC5)ncc34)nc2C(CC(F)F)C1. The molecule has 0 saturated carbocycles. The van der Waals surface area contributed by atoms with Gasteiger partial charge >= 0.3 is 0 Å². The minimum absolute atomic E-state index is 0.192. The summed E-state index contributed by atoms with van der Waals surface area (Å²) < 4.78 is 33.7. The maximum atomic E-state index is 13.2. The molecule has 0 bridgehead atoms. The summed E-state index contributed by atoms with van der Waals surface area (Å²) in [5.74, 6) is 0.269. The van der Waals surface area contributed by atoms with Gasteiger partial charge in [0.25, 0.3) is 0 Å². The number of piperidine rings is 1. The maximum Gasteiger partial charge on any atom is 0.241 e. The average molecular weight is 496 g/mol. The number of fused-ring (bicyclic) bond motifs is 2. The van der Waals surface area contributed by atoms with Crippen LogP contribution in [0.3, 0.4) is 0 Å². The fraction of sp³-hybridized carbons (Fsp3) is 0.538. The van der Waals surface area contributed by atoms with E-state index in [9.17, 15) is 8.78 Å². The van der Waals surface area contributed by atoms with E-state index in [1.807, 2.05) is 31.3 Å². The molecule has 6 rings (SSSR count). The van der Waals surface area contributed by atoms with Crippen LogP contribution in [0.4, 0.5) is 20.4 Å². The molecule has 0 amide bonds. The fourth-order valence-electron chi connectivity index (χ4n) is 5.64. The third-order valence-electron chi connectivity index (χ3n) is 7.72. The fourth-order valence-corrected chi connectivity index (χ4v) is 5.64. The van der Waals surface area contributed by atoms with E-state index in [4.69, 9.17) is 9.72 Å². The summed E-state index contributed by atoms with van der Waals surface area (Å²) in [6.07, 6.45) is 3.68. The van der Waals surface area contributed by atoms with Crippen LogP contribution < -0.4 is 5.32 Å². The second kappa shape index (κ2) is 9.15. The van der Waals surface area contributed by atoms with Crippen LogP contribution in [0.5, 0.6) is 0 Å². The molecule has 0 aliphatic carbocycles. The highest BCUT2D eigenvalue weighted by Gasteiger charge is 2.40. The van der Waals surface area contributed by atoms with Crippen LogP contribution in [0, 0.1) is 0 Å². The molecule has 3 aliphatic heterocycles. The molecule has 190 valence electrons. The zero-order valence-electron chi connectivity index (χ0n) is 20.6. The van der Waals surface area contributed by atoms with E-state index in [0.717, 1.165) is 61.6 Å². The lowest BCUT2D eigenvalue weighted by Crippen LogP contribution is -2.62. The predicted octanol–water partition coefficient (Wildman–Crippen LogP) is 4.69. The minimum Gasteiger partial charge on any atom is -0.377 e. The van der Waals surface area contributed by atoms with Gasteiger partial charge in [0.05, 0.1) is 47.5 Å². The van der Waals surface area contributed by atoms with Gasteiger partial charge in [-0.3, -0.25) is 14.9 Å². The molecule has 10 heteroatoms. The van der Waals surface area contributed by atoms with Gasteiger partial charge in [0, 0.05) is 48.9 Å². The maximum absolute atomic E-state index is 13.2. The number of alkyl halides is 2. The van der Waals surface area contributed by atoms with Crippen molar-refractivity contribution in [1.29, 1.82) is 0 Å². The van der Waals surface area contributed by atoms with Crippen molar-refractivity contribution < 1.29 is 13.5 Å². The Balaban J connectivity index is 1.19. The van der Waals surface area contributed by atoms with Crippen LogP contribution >= 0.6 is 0 Å². The predicted molar refractivity (Wildman–Crippen MR) is 134 cm³/mol. The van der Waals surface area contributed by atoms with Gasteiger partial charge in [0.2, 0.25) is 12.4 Å². The van der Waals surface area contributed by atoms with E-state index in [-0.39, 0.29) is 17.9 Å². The third kappa shape index (κ3) is 4.37. The van der Waals surface area contributed by atoms with Gasteiger partial charge in [-0.2, -0.15) is 0 Å². The van der Waals surface area contributed by atoms with Crippen molar-refractivity contribution in [3.8, 4) is 11.3 Å². The summed E-state index contributed by atoms with van der Waals surface area (Å²) in [5, 5.41) is 8.17. The average Bonchev–Trinajstić information content (AvgIpc) is 3.26. The van der Waals surface area contributed by atoms with E-state index in [1.54, 1.807) is 10.7 Å². The Labute approximate surface area is 208 Å². The zero-order chi connectivity index (χ0) is 24.9. The summed E-state index contributed by atoms with van der Waals surface area (Å²) in [6.45, 7) is 7.86. The summed E-state index contributed by atoms with van der Waals surface area (Å²) in [6, 6.07) is 6.05. The number of likely N-dealkylation sites (tertiary alicyclic amines) is 1. The number of rotatable bonds is 6. The van der Waals surface area contributed by atoms with Crippen LogP contribution in [0.2, 0.25) is 0 Å². The van der Waals surface area contributed by atoms with Crippen molar-refractivity contribution in [3.05, 3.63) is 36.3 Å². The highest BCUT2D eigenvalue weighted by atomic mass is 19.3. The number of ether oxygens (including phenoxy) is 1. The van der Waals surface area contributed by atoms with Crippen molar-refractivity contribution in [2.75, 3.05) is 31.6 Å². The van der Waals surface area contributed by atoms with Crippen LogP contribution in [0.1, 0.15) is 51.1 Å². The molecule has 1 atom stereocenters. The molecule has 0 aromatic carbocycles. The molecule has 1 N–H and O–H groups in total. The second-order valence-corrected chi connectivity index (χ2v) is 10.5. The number of aromatic nitrogens is 4. The normalized spacial score (nSPS) is 22.4. The molecule has 36 heavy (non-hydrogen) atoms. The zero-order valence-corrected chi connectivity index (χ0v) is 20.6. The molecular weight excluding hydrogens is 464 g/mol. The van der Waals surface area contributed by atoms with Gasteiger partial charge in [0.1, 0.15) is 0 Å². The Bertz CT molecular complexity index is 1290. The molecule has 3 aromatic heterocycles. The Morgan fingerprint density at radius 1 is 1.19 bits per heavy atom. The molecule has 0 radical (unpaired) electrons. The van der Waals surface area contributed by atoms with E-state index in [0.29, 0.717) is 29.8 Å². The van der Waals surface area contributed by atoms with Crippen LogP contribution in [-0.4, -0.2) is 74.5 Å². The lowest BCUT2D eigenvalue weighted by molar-refractivity contribution is -0.135. The number of hydrogen-bond acceptors (Lipinski definition) is 7.